The van der Waals surface area contributed by atoms with Crippen LogP contribution in [0, 0.1) is 0 Å². The van der Waals surface area contributed by atoms with Gasteiger partial charge in [0.1, 0.15) is 44.9 Å². The molecule has 0 radical (unpaired) electrons. The number of hydrogen-bond acceptors (Lipinski definition) is 18. The van der Waals surface area contributed by atoms with Crippen molar-refractivity contribution in [3.8, 4) is 23.0 Å². The van der Waals surface area contributed by atoms with Crippen molar-refractivity contribution in [2.45, 2.75) is 12.5 Å². The predicted octanol–water partition coefficient (Wildman–Crippen LogP) is 4.05. The molecule has 7 rings (SSSR count). The van der Waals surface area contributed by atoms with E-state index < -0.39 is 6.10 Å². The van der Waals surface area contributed by atoms with Crippen molar-refractivity contribution in [2.24, 2.45) is 0 Å². The van der Waals surface area contributed by atoms with Crippen LogP contribution < -0.4 is 18.9 Å². The maximum Gasteiger partial charge on any atom is 0.161 e. The second-order valence-electron chi connectivity index (χ2n) is 15.3. The van der Waals surface area contributed by atoms with Crippen LogP contribution in [0.5, 0.6) is 23.0 Å². The van der Waals surface area contributed by atoms with Gasteiger partial charge in [-0.15, -0.1) is 0 Å². The molecule has 66 heavy (non-hydrogen) atoms. The molecule has 368 valence electrons. The van der Waals surface area contributed by atoms with E-state index >= 15 is 0 Å². The summed E-state index contributed by atoms with van der Waals surface area (Å²) in [5.41, 5.74) is 2.00. The third-order valence-electron chi connectivity index (χ3n) is 10.7. The lowest BCUT2D eigenvalue weighted by Crippen LogP contribution is -2.27. The third-order valence-corrected chi connectivity index (χ3v) is 10.7. The van der Waals surface area contributed by atoms with E-state index in [2.05, 4.69) is 12.1 Å². The van der Waals surface area contributed by atoms with Gasteiger partial charge in [0.15, 0.2) is 23.0 Å². The first-order chi connectivity index (χ1) is 32.8. The number of rotatable bonds is 0. The summed E-state index contributed by atoms with van der Waals surface area (Å²) in [6.45, 7) is 12.3. The molecule has 3 heterocycles. The van der Waals surface area contributed by atoms with Crippen LogP contribution >= 0.6 is 0 Å². The molecule has 4 aliphatic rings. The molecule has 3 aliphatic heterocycles. The largest absolute Gasteiger partial charge is 0.493 e. The maximum absolute atomic E-state index is 6.58. The normalized spacial score (nSPS) is 22.8. The molecule has 1 fully saturated rings. The summed E-state index contributed by atoms with van der Waals surface area (Å²) < 4.78 is 108. The highest BCUT2D eigenvalue weighted by Gasteiger charge is 2.29. The Morgan fingerprint density at radius 3 is 0.909 bits per heavy atom. The van der Waals surface area contributed by atoms with Gasteiger partial charge in [0.2, 0.25) is 0 Å². The third kappa shape index (κ3) is 16.6. The summed E-state index contributed by atoms with van der Waals surface area (Å²) >= 11 is 0. The van der Waals surface area contributed by atoms with Crippen molar-refractivity contribution in [3.63, 3.8) is 0 Å². The molecule has 1 atom stereocenters. The van der Waals surface area contributed by atoms with Crippen LogP contribution in [0.3, 0.4) is 0 Å². The van der Waals surface area contributed by atoms with Gasteiger partial charge in [0.25, 0.3) is 0 Å². The lowest BCUT2D eigenvalue weighted by atomic mass is 9.84. The van der Waals surface area contributed by atoms with Crippen LogP contribution in [-0.2, 0) is 72.7 Å². The van der Waals surface area contributed by atoms with Crippen molar-refractivity contribution in [1.82, 2.24) is 0 Å². The number of ether oxygens (including phenoxy) is 18. The summed E-state index contributed by atoms with van der Waals surface area (Å²) in [5.74, 6) is 2.95. The van der Waals surface area contributed by atoms with Crippen LogP contribution in [-0.4, -0.2) is 204 Å². The molecule has 3 aromatic carbocycles. The van der Waals surface area contributed by atoms with E-state index in [1.165, 1.54) is 0 Å². The molecular formula is C48H68O18. The average Bonchev–Trinajstić information content (AvgIpc) is 3.33. The van der Waals surface area contributed by atoms with Gasteiger partial charge in [-0.2, -0.15) is 0 Å². The quantitative estimate of drug-likeness (QED) is 0.296. The highest BCUT2D eigenvalue weighted by atomic mass is 16.6. The average molecular weight is 933 g/mol. The minimum atomic E-state index is -0.422. The van der Waals surface area contributed by atoms with Crippen molar-refractivity contribution >= 4 is 27.6 Å². The van der Waals surface area contributed by atoms with Gasteiger partial charge in [-0.1, -0.05) is 0 Å². The number of fused-ring (bicyclic) bond motifs is 9. The summed E-state index contributed by atoms with van der Waals surface area (Å²) in [7, 11) is 0. The van der Waals surface area contributed by atoms with Gasteiger partial charge < -0.3 is 85.3 Å². The molecule has 18 heteroatoms. The Morgan fingerprint density at radius 1 is 0.273 bits per heavy atom. The molecule has 0 N–H and O–H groups in total. The Hall–Kier alpha value is -3.60. The molecule has 0 spiro atoms. The second-order valence-corrected chi connectivity index (χ2v) is 15.3. The predicted molar refractivity (Wildman–Crippen MR) is 241 cm³/mol. The van der Waals surface area contributed by atoms with Crippen LogP contribution in [0.1, 0.15) is 11.1 Å². The van der Waals surface area contributed by atoms with Gasteiger partial charge in [0.05, 0.1) is 165 Å². The first kappa shape index (κ1) is 50.3. The Morgan fingerprint density at radius 2 is 0.545 bits per heavy atom. The topological polar surface area (TPSA) is 166 Å². The van der Waals surface area contributed by atoms with Gasteiger partial charge in [0, 0.05) is 6.42 Å². The summed E-state index contributed by atoms with van der Waals surface area (Å²) in [5, 5.41) is 3.72. The van der Waals surface area contributed by atoms with E-state index in [9.17, 15) is 0 Å². The molecule has 1 unspecified atom stereocenters. The van der Waals surface area contributed by atoms with E-state index in [0.29, 0.717) is 227 Å². The number of benzene rings is 3. The smallest absolute Gasteiger partial charge is 0.161 e. The van der Waals surface area contributed by atoms with Crippen LogP contribution in [0.15, 0.2) is 30.0 Å². The first-order valence-corrected chi connectivity index (χ1v) is 23.4. The van der Waals surface area contributed by atoms with E-state index in [1.54, 1.807) is 0 Å². The Bertz CT molecular complexity index is 1880. The molecule has 0 bridgehead atoms. The van der Waals surface area contributed by atoms with Gasteiger partial charge in [-0.25, -0.2) is 0 Å². The summed E-state index contributed by atoms with van der Waals surface area (Å²) in [6.07, 6.45) is 2.15. The molecule has 0 aromatic heterocycles. The Balaban J connectivity index is 1.27. The highest BCUT2D eigenvalue weighted by Crippen LogP contribution is 2.46. The molecule has 1 aliphatic carbocycles. The SMILES string of the molecule is C1=C2OCCOCCOCCOCCOCCOC2Cc2c1c1cc3c(cc1c1cc4c(cc21)OCCOCCOCCOCCOCCO4)OCCOCCOCCOCCOCCO3. The first-order valence-electron chi connectivity index (χ1n) is 23.4. The van der Waals surface area contributed by atoms with Gasteiger partial charge in [-0.3, -0.25) is 0 Å². The van der Waals surface area contributed by atoms with E-state index in [0.717, 1.165) is 32.7 Å². The van der Waals surface area contributed by atoms with Crippen molar-refractivity contribution in [2.75, 3.05) is 198 Å². The lowest BCUT2D eigenvalue weighted by molar-refractivity contribution is -0.0376. The zero-order valence-electron chi connectivity index (χ0n) is 38.2. The molecule has 18 nitrogen and oxygen atoms in total. The van der Waals surface area contributed by atoms with E-state index in [1.807, 2.05) is 18.2 Å². The molecule has 0 amide bonds. The zero-order chi connectivity index (χ0) is 45.1. The number of hydrogen-bond donors (Lipinski definition) is 0. The zero-order valence-corrected chi connectivity index (χ0v) is 38.2. The monoisotopic (exact) mass is 932 g/mol. The van der Waals surface area contributed by atoms with Crippen molar-refractivity contribution < 1.29 is 85.3 Å². The molecule has 0 saturated carbocycles. The second kappa shape index (κ2) is 30.0. The highest BCUT2D eigenvalue weighted by molar-refractivity contribution is 6.15. The fourth-order valence-electron chi connectivity index (χ4n) is 7.57. The van der Waals surface area contributed by atoms with E-state index in [4.69, 9.17) is 85.3 Å². The fourth-order valence-corrected chi connectivity index (χ4v) is 7.57. The van der Waals surface area contributed by atoms with Crippen molar-refractivity contribution in [1.29, 1.82) is 0 Å². The summed E-state index contributed by atoms with van der Waals surface area (Å²) in [6, 6.07) is 8.15. The minimum absolute atomic E-state index is 0.289. The van der Waals surface area contributed by atoms with Crippen LogP contribution in [0.4, 0.5) is 0 Å². The van der Waals surface area contributed by atoms with Gasteiger partial charge in [-0.05, 0) is 63.0 Å². The standard InChI is InChI=1S/C48H68O18/c1-2-50-8-14-56-20-26-62-44-32-38-37(31-43(44)61-25-19-55-13-7-49-1)39-33-45-47(65-29-23-59-17-11-53-4-3-51-9-15-57-21-27-63-45)35-41(39)42-36-48-46(34-40(38)42)64-28-22-58-16-10-52-5-6-54-12-18-60-24-30-66-48/h31-35,48H,1-30,36H2. The minimum Gasteiger partial charge on any atom is -0.493 e. The van der Waals surface area contributed by atoms with Crippen LogP contribution in [0.2, 0.25) is 0 Å². The lowest BCUT2D eigenvalue weighted by Gasteiger charge is -2.29. The molecule has 3 aromatic rings. The Labute approximate surface area is 387 Å². The molecular weight excluding hydrogens is 865 g/mol. The van der Waals surface area contributed by atoms with E-state index in [-0.39, 0.29) is 6.61 Å². The van der Waals surface area contributed by atoms with Crippen molar-refractivity contribution in [3.05, 3.63) is 41.2 Å². The Kier molecular flexibility index (Phi) is 22.9. The van der Waals surface area contributed by atoms with Gasteiger partial charge >= 0.3 is 0 Å². The summed E-state index contributed by atoms with van der Waals surface area (Å²) in [4.78, 5) is 0. The maximum atomic E-state index is 6.58. The molecule has 1 saturated heterocycles. The fraction of sp³-hybridized carbons (Fsp3) is 0.667. The van der Waals surface area contributed by atoms with Crippen LogP contribution in [0.25, 0.3) is 27.6 Å².